The van der Waals surface area contributed by atoms with Crippen molar-refractivity contribution in [2.45, 2.75) is 12.0 Å². The minimum Gasteiger partial charge on any atom is -0.476 e. The van der Waals surface area contributed by atoms with Crippen LogP contribution in [0, 0.1) is 20.2 Å². The first kappa shape index (κ1) is 10.8. The van der Waals surface area contributed by atoms with E-state index in [1.54, 1.807) is 0 Å². The summed E-state index contributed by atoms with van der Waals surface area (Å²) in [6.07, 6.45) is 2.14. The molecule has 0 heterocycles. The van der Waals surface area contributed by atoms with E-state index in [0.717, 1.165) is 18.2 Å². The van der Waals surface area contributed by atoms with Crippen LogP contribution in [0.2, 0.25) is 0 Å². The second-order valence-corrected chi connectivity index (χ2v) is 2.94. The molecule has 1 rings (SSSR count). The summed E-state index contributed by atoms with van der Waals surface area (Å²) in [4.78, 5) is 29.9. The summed E-state index contributed by atoms with van der Waals surface area (Å²) in [5, 5.41) is 29.7. The number of carboxylic acids is 1. The van der Waals surface area contributed by atoms with Gasteiger partial charge >= 0.3 is 11.5 Å². The van der Waals surface area contributed by atoms with Gasteiger partial charge in [0.05, 0.1) is 4.92 Å². The first-order valence-corrected chi connectivity index (χ1v) is 3.81. The minimum atomic E-state index is -2.42. The van der Waals surface area contributed by atoms with Crippen LogP contribution in [0.25, 0.3) is 0 Å². The molecule has 15 heavy (non-hydrogen) atoms. The summed E-state index contributed by atoms with van der Waals surface area (Å²) < 4.78 is 0. The number of hydrogen-bond donors (Lipinski definition) is 1. The molecule has 0 radical (unpaired) electrons. The van der Waals surface area contributed by atoms with Crippen molar-refractivity contribution in [3.63, 3.8) is 0 Å². The molecule has 0 aromatic rings. The van der Waals surface area contributed by atoms with Crippen molar-refractivity contribution < 1.29 is 19.7 Å². The van der Waals surface area contributed by atoms with Crippen molar-refractivity contribution >= 4 is 5.97 Å². The number of nitro groups is 2. The van der Waals surface area contributed by atoms with E-state index in [0.29, 0.717) is 0 Å². The fourth-order valence-corrected chi connectivity index (χ4v) is 1.19. The van der Waals surface area contributed by atoms with Crippen molar-refractivity contribution in [3.05, 3.63) is 44.2 Å². The van der Waals surface area contributed by atoms with Gasteiger partial charge in [-0.3, -0.25) is 20.2 Å². The van der Waals surface area contributed by atoms with Crippen LogP contribution >= 0.6 is 0 Å². The Morgan fingerprint density at radius 1 is 1.47 bits per heavy atom. The monoisotopic (exact) mass is 214 g/mol. The van der Waals surface area contributed by atoms with Crippen molar-refractivity contribution in [3.8, 4) is 0 Å². The van der Waals surface area contributed by atoms with Gasteiger partial charge in [-0.25, -0.2) is 4.79 Å². The SMILES string of the molecule is O=C(O)C1([N+](=O)[O-])C=CC=C([N+](=O)[O-])C1. The van der Waals surface area contributed by atoms with Gasteiger partial charge in [0.15, 0.2) is 0 Å². The molecule has 80 valence electrons. The van der Waals surface area contributed by atoms with Crippen LogP contribution in [0.4, 0.5) is 0 Å². The number of rotatable bonds is 3. The van der Waals surface area contributed by atoms with Gasteiger partial charge in [0, 0.05) is 17.1 Å². The maximum absolute atomic E-state index is 10.7. The zero-order chi connectivity index (χ0) is 11.6. The molecule has 0 spiro atoms. The summed E-state index contributed by atoms with van der Waals surface area (Å²) in [5.41, 5.74) is -2.91. The number of nitrogens with zero attached hydrogens (tertiary/aromatic N) is 2. The number of aliphatic carboxylic acids is 1. The normalized spacial score (nSPS) is 24.4. The Morgan fingerprint density at radius 3 is 2.47 bits per heavy atom. The van der Waals surface area contributed by atoms with Gasteiger partial charge in [0.1, 0.15) is 6.42 Å². The van der Waals surface area contributed by atoms with Crippen LogP contribution in [0.3, 0.4) is 0 Å². The van der Waals surface area contributed by atoms with E-state index in [2.05, 4.69) is 0 Å². The lowest BCUT2D eigenvalue weighted by Crippen LogP contribution is -2.46. The molecule has 1 unspecified atom stereocenters. The van der Waals surface area contributed by atoms with E-state index in [-0.39, 0.29) is 0 Å². The highest BCUT2D eigenvalue weighted by molar-refractivity contribution is 5.80. The average molecular weight is 214 g/mol. The largest absolute Gasteiger partial charge is 0.476 e. The van der Waals surface area contributed by atoms with Gasteiger partial charge < -0.3 is 5.11 Å². The molecule has 1 aliphatic rings. The van der Waals surface area contributed by atoms with Gasteiger partial charge in [-0.05, 0) is 0 Å². The van der Waals surface area contributed by atoms with Crippen LogP contribution in [-0.2, 0) is 4.79 Å². The molecule has 0 aromatic heterocycles. The third kappa shape index (κ3) is 1.68. The minimum absolute atomic E-state index is 0.489. The van der Waals surface area contributed by atoms with Crippen LogP contribution < -0.4 is 0 Å². The van der Waals surface area contributed by atoms with E-state index in [4.69, 9.17) is 5.11 Å². The highest BCUT2D eigenvalue weighted by Crippen LogP contribution is 2.26. The van der Waals surface area contributed by atoms with E-state index >= 15 is 0 Å². The Labute approximate surface area is 82.8 Å². The van der Waals surface area contributed by atoms with Crippen LogP contribution in [-0.4, -0.2) is 26.5 Å². The van der Waals surface area contributed by atoms with Gasteiger partial charge in [-0.2, -0.15) is 0 Å². The first-order valence-electron chi connectivity index (χ1n) is 3.81. The lowest BCUT2D eigenvalue weighted by atomic mass is 9.90. The summed E-state index contributed by atoms with van der Waals surface area (Å²) in [6, 6.07) is 0. The molecule has 1 atom stereocenters. The second-order valence-electron chi connectivity index (χ2n) is 2.94. The number of allylic oxidation sites excluding steroid dienone is 2. The van der Waals surface area contributed by atoms with Crippen molar-refractivity contribution in [2.75, 3.05) is 0 Å². The van der Waals surface area contributed by atoms with Gasteiger partial charge in [-0.15, -0.1) is 0 Å². The fraction of sp³-hybridized carbons (Fsp3) is 0.286. The molecule has 0 aromatic carbocycles. The van der Waals surface area contributed by atoms with Crippen molar-refractivity contribution in [1.82, 2.24) is 0 Å². The summed E-state index contributed by atoms with van der Waals surface area (Å²) in [5.74, 6) is -1.71. The zero-order valence-corrected chi connectivity index (χ0v) is 7.32. The summed E-state index contributed by atoms with van der Waals surface area (Å²) in [7, 11) is 0. The molecule has 0 aliphatic heterocycles. The number of carboxylic acid groups (broad SMARTS) is 1. The molecule has 8 heteroatoms. The van der Waals surface area contributed by atoms with E-state index < -0.39 is 33.5 Å². The Kier molecular flexibility index (Phi) is 2.51. The first-order chi connectivity index (χ1) is 6.90. The number of hydrogen-bond acceptors (Lipinski definition) is 5. The zero-order valence-electron chi connectivity index (χ0n) is 7.32. The highest BCUT2D eigenvalue weighted by atomic mass is 16.6. The molecule has 0 bridgehead atoms. The predicted molar refractivity (Wildman–Crippen MR) is 46.2 cm³/mol. The maximum Gasteiger partial charge on any atom is 0.387 e. The van der Waals surface area contributed by atoms with E-state index in [9.17, 15) is 25.0 Å². The van der Waals surface area contributed by atoms with Crippen molar-refractivity contribution in [2.24, 2.45) is 0 Å². The molecule has 1 N–H and O–H groups in total. The van der Waals surface area contributed by atoms with E-state index in [1.807, 2.05) is 0 Å². The lowest BCUT2D eigenvalue weighted by Gasteiger charge is -2.17. The summed E-state index contributed by atoms with van der Waals surface area (Å²) >= 11 is 0. The quantitative estimate of drug-likeness (QED) is 0.528. The molecule has 0 saturated carbocycles. The Hall–Kier alpha value is -2.25. The molecule has 8 nitrogen and oxygen atoms in total. The van der Waals surface area contributed by atoms with Gasteiger partial charge in [-0.1, -0.05) is 6.08 Å². The third-order valence-corrected chi connectivity index (χ3v) is 2.04. The Morgan fingerprint density at radius 2 is 2.07 bits per heavy atom. The molecule has 0 fully saturated rings. The summed E-state index contributed by atoms with van der Waals surface area (Å²) in [6.45, 7) is 0. The smallest absolute Gasteiger partial charge is 0.387 e. The number of carbonyl (C=O) groups is 1. The van der Waals surface area contributed by atoms with Crippen LogP contribution in [0.5, 0.6) is 0 Å². The molecular formula is C7H6N2O6. The average Bonchev–Trinajstić information content (AvgIpc) is 2.17. The standard InChI is InChI=1S/C7H6N2O6/c10-6(11)7(9(14)15)3-1-2-5(4-7)8(12)13/h1-3H,4H2,(H,10,11). The second kappa shape index (κ2) is 3.48. The maximum atomic E-state index is 10.7. The lowest BCUT2D eigenvalue weighted by molar-refractivity contribution is -0.547. The van der Waals surface area contributed by atoms with Gasteiger partial charge in [0.25, 0.3) is 5.70 Å². The van der Waals surface area contributed by atoms with Crippen LogP contribution in [0.15, 0.2) is 23.9 Å². The third-order valence-electron chi connectivity index (χ3n) is 2.04. The highest BCUT2D eigenvalue weighted by Gasteiger charge is 2.53. The van der Waals surface area contributed by atoms with Crippen molar-refractivity contribution in [1.29, 1.82) is 0 Å². The Bertz CT molecular complexity index is 382. The Balaban J connectivity index is 3.14. The molecular weight excluding hydrogens is 208 g/mol. The molecule has 0 saturated heterocycles. The molecule has 1 aliphatic carbocycles. The van der Waals surface area contributed by atoms with E-state index in [1.165, 1.54) is 0 Å². The van der Waals surface area contributed by atoms with Crippen LogP contribution in [0.1, 0.15) is 6.42 Å². The topological polar surface area (TPSA) is 124 Å². The fourth-order valence-electron chi connectivity index (χ4n) is 1.19. The predicted octanol–water partition coefficient (Wildman–Crippen LogP) is 0.207. The van der Waals surface area contributed by atoms with Gasteiger partial charge in [0.2, 0.25) is 0 Å². The molecule has 0 amide bonds.